The predicted molar refractivity (Wildman–Crippen MR) is 92.1 cm³/mol. The number of hydrogen-bond donors (Lipinski definition) is 1. The summed E-state index contributed by atoms with van der Waals surface area (Å²) < 4.78 is 1.64. The molecule has 122 valence electrons. The zero-order chi connectivity index (χ0) is 17.1. The number of amides is 1. The van der Waals surface area contributed by atoms with E-state index in [1.807, 2.05) is 42.5 Å². The number of pyridine rings is 2. The predicted octanol–water partition coefficient (Wildman–Crippen LogP) is 2.14. The van der Waals surface area contributed by atoms with Gasteiger partial charge in [-0.15, -0.1) is 5.10 Å². The molecule has 0 aliphatic heterocycles. The summed E-state index contributed by atoms with van der Waals surface area (Å²) >= 11 is 0. The Morgan fingerprint density at radius 3 is 2.76 bits per heavy atom. The van der Waals surface area contributed by atoms with Crippen molar-refractivity contribution in [3.05, 3.63) is 78.6 Å². The lowest BCUT2D eigenvalue weighted by Crippen LogP contribution is -2.24. The van der Waals surface area contributed by atoms with Gasteiger partial charge < -0.3 is 5.32 Å². The van der Waals surface area contributed by atoms with E-state index in [1.54, 1.807) is 29.5 Å². The summed E-state index contributed by atoms with van der Waals surface area (Å²) in [6, 6.07) is 13.2. The fraction of sp³-hybridized carbons (Fsp3) is 0.0556. The smallest absolute Gasteiger partial charge is 0.270 e. The second-order valence-electron chi connectivity index (χ2n) is 5.42. The monoisotopic (exact) mass is 330 g/mol. The zero-order valence-electron chi connectivity index (χ0n) is 13.2. The summed E-state index contributed by atoms with van der Waals surface area (Å²) in [6.07, 6.45) is 6.78. The van der Waals surface area contributed by atoms with Gasteiger partial charge in [-0.2, -0.15) is 0 Å². The molecule has 4 rings (SSSR count). The average molecular weight is 330 g/mol. The molecule has 0 fully saturated rings. The van der Waals surface area contributed by atoms with Crippen molar-refractivity contribution in [3.8, 4) is 5.69 Å². The maximum absolute atomic E-state index is 12.5. The first-order valence-electron chi connectivity index (χ1n) is 7.75. The van der Waals surface area contributed by atoms with Crippen LogP contribution in [0.1, 0.15) is 16.2 Å². The molecule has 7 nitrogen and oxygen atoms in total. The number of carbonyl (C=O) groups excluding carboxylic acids is 1. The number of benzene rings is 1. The third-order valence-electron chi connectivity index (χ3n) is 3.79. The number of rotatable bonds is 4. The average Bonchev–Trinajstić information content (AvgIpc) is 3.15. The first kappa shape index (κ1) is 14.9. The minimum atomic E-state index is -0.240. The van der Waals surface area contributed by atoms with Crippen molar-refractivity contribution >= 4 is 16.7 Å². The highest BCUT2D eigenvalue weighted by molar-refractivity contribution is 6.05. The molecular formula is C18H14N6O. The minimum absolute atomic E-state index is 0.240. The normalized spacial score (nSPS) is 10.7. The van der Waals surface area contributed by atoms with Crippen LogP contribution in [0.5, 0.6) is 0 Å². The van der Waals surface area contributed by atoms with Gasteiger partial charge in [0.15, 0.2) is 0 Å². The van der Waals surface area contributed by atoms with Crippen molar-refractivity contribution in [2.45, 2.75) is 6.54 Å². The van der Waals surface area contributed by atoms with Crippen LogP contribution in [0.25, 0.3) is 16.5 Å². The third-order valence-corrected chi connectivity index (χ3v) is 3.79. The van der Waals surface area contributed by atoms with E-state index in [2.05, 4.69) is 25.6 Å². The molecule has 0 saturated heterocycles. The molecule has 3 aromatic heterocycles. The third kappa shape index (κ3) is 3.07. The van der Waals surface area contributed by atoms with Crippen molar-refractivity contribution in [3.63, 3.8) is 0 Å². The van der Waals surface area contributed by atoms with Gasteiger partial charge in [-0.05, 0) is 23.6 Å². The Hall–Kier alpha value is -3.61. The second kappa shape index (κ2) is 6.48. The van der Waals surface area contributed by atoms with Gasteiger partial charge in [0.05, 0.1) is 18.4 Å². The van der Waals surface area contributed by atoms with Crippen molar-refractivity contribution in [1.29, 1.82) is 0 Å². The number of hydrogen-bond acceptors (Lipinski definition) is 5. The van der Waals surface area contributed by atoms with Crippen LogP contribution in [0.15, 0.2) is 67.3 Å². The largest absolute Gasteiger partial charge is 0.345 e. The Morgan fingerprint density at radius 1 is 1.04 bits per heavy atom. The van der Waals surface area contributed by atoms with Gasteiger partial charge in [-0.1, -0.05) is 29.5 Å². The number of fused-ring (bicyclic) bond motifs is 1. The first-order chi connectivity index (χ1) is 12.3. The summed E-state index contributed by atoms with van der Waals surface area (Å²) in [5.41, 5.74) is 1.92. The molecule has 4 aromatic rings. The van der Waals surface area contributed by atoms with Gasteiger partial charge in [-0.25, -0.2) is 4.68 Å². The molecule has 25 heavy (non-hydrogen) atoms. The molecule has 0 spiro atoms. The van der Waals surface area contributed by atoms with E-state index in [0.717, 1.165) is 16.5 Å². The van der Waals surface area contributed by atoms with E-state index in [0.29, 0.717) is 11.4 Å². The van der Waals surface area contributed by atoms with E-state index < -0.39 is 0 Å². The van der Waals surface area contributed by atoms with Crippen LogP contribution in [0.3, 0.4) is 0 Å². The van der Waals surface area contributed by atoms with Gasteiger partial charge >= 0.3 is 0 Å². The Kier molecular flexibility index (Phi) is 3.88. The van der Waals surface area contributed by atoms with Crippen LogP contribution in [0.4, 0.5) is 0 Å². The Morgan fingerprint density at radius 2 is 1.88 bits per heavy atom. The Balaban J connectivity index is 1.50. The molecule has 0 aliphatic rings. The molecular weight excluding hydrogens is 316 g/mol. The van der Waals surface area contributed by atoms with E-state index in [9.17, 15) is 4.79 Å². The summed E-state index contributed by atoms with van der Waals surface area (Å²) in [5, 5.41) is 12.8. The van der Waals surface area contributed by atoms with Gasteiger partial charge in [0.25, 0.3) is 5.91 Å². The lowest BCUT2D eigenvalue weighted by atomic mass is 10.1. The van der Waals surface area contributed by atoms with Gasteiger partial charge in [0, 0.05) is 24.0 Å². The van der Waals surface area contributed by atoms with Crippen LogP contribution in [0.2, 0.25) is 0 Å². The molecule has 0 aliphatic carbocycles. The molecule has 1 N–H and O–H groups in total. The molecule has 1 amide bonds. The maximum atomic E-state index is 12.5. The summed E-state index contributed by atoms with van der Waals surface area (Å²) in [5.74, 6) is -0.240. The number of nitrogens with one attached hydrogen (secondary N) is 1. The number of nitrogens with zero attached hydrogens (tertiary/aromatic N) is 5. The topological polar surface area (TPSA) is 85.6 Å². The zero-order valence-corrected chi connectivity index (χ0v) is 13.2. The summed E-state index contributed by atoms with van der Waals surface area (Å²) in [6.45, 7) is 0.273. The van der Waals surface area contributed by atoms with Crippen LogP contribution < -0.4 is 5.32 Å². The Labute approximate surface area is 143 Å². The molecule has 0 saturated carbocycles. The molecule has 0 radical (unpaired) electrons. The molecule has 0 atom stereocenters. The first-order valence-corrected chi connectivity index (χ1v) is 7.75. The molecule has 7 heteroatoms. The molecule has 3 heterocycles. The van der Waals surface area contributed by atoms with E-state index in [-0.39, 0.29) is 12.5 Å². The van der Waals surface area contributed by atoms with E-state index in [1.165, 1.54) is 0 Å². The van der Waals surface area contributed by atoms with Crippen molar-refractivity contribution in [2.75, 3.05) is 0 Å². The van der Waals surface area contributed by atoms with Crippen LogP contribution in [0, 0.1) is 0 Å². The van der Waals surface area contributed by atoms with Crippen molar-refractivity contribution < 1.29 is 4.79 Å². The summed E-state index contributed by atoms with van der Waals surface area (Å²) in [4.78, 5) is 20.7. The highest BCUT2D eigenvalue weighted by atomic mass is 16.1. The second-order valence-corrected chi connectivity index (χ2v) is 5.42. The molecule has 0 unspecified atom stereocenters. The van der Waals surface area contributed by atoms with Crippen LogP contribution in [-0.2, 0) is 6.54 Å². The highest BCUT2D eigenvalue weighted by Crippen LogP contribution is 2.16. The standard InChI is InChI=1S/C18H14N6O/c25-18(17-16-4-2-1-3-13(16)5-10-20-17)21-11-14-12-24(23-22-14)15-6-8-19-9-7-15/h1-10,12H,11H2,(H,21,25). The SMILES string of the molecule is O=C(NCc1cn(-c2ccncc2)nn1)c1nccc2ccccc12. The van der Waals surface area contributed by atoms with Crippen LogP contribution >= 0.6 is 0 Å². The summed E-state index contributed by atoms with van der Waals surface area (Å²) in [7, 11) is 0. The highest BCUT2D eigenvalue weighted by Gasteiger charge is 2.12. The van der Waals surface area contributed by atoms with Gasteiger partial charge in [-0.3, -0.25) is 14.8 Å². The van der Waals surface area contributed by atoms with Gasteiger partial charge in [0.2, 0.25) is 0 Å². The number of aromatic nitrogens is 5. The van der Waals surface area contributed by atoms with Crippen molar-refractivity contribution in [2.24, 2.45) is 0 Å². The molecule has 0 bridgehead atoms. The lowest BCUT2D eigenvalue weighted by Gasteiger charge is -2.05. The molecule has 1 aromatic carbocycles. The minimum Gasteiger partial charge on any atom is -0.345 e. The van der Waals surface area contributed by atoms with E-state index >= 15 is 0 Å². The fourth-order valence-corrected chi connectivity index (χ4v) is 2.56. The quantitative estimate of drug-likeness (QED) is 0.619. The number of carbonyl (C=O) groups is 1. The van der Waals surface area contributed by atoms with Crippen LogP contribution in [-0.4, -0.2) is 30.9 Å². The van der Waals surface area contributed by atoms with Crippen molar-refractivity contribution in [1.82, 2.24) is 30.3 Å². The lowest BCUT2D eigenvalue weighted by molar-refractivity contribution is 0.0947. The van der Waals surface area contributed by atoms with E-state index in [4.69, 9.17) is 0 Å². The fourth-order valence-electron chi connectivity index (χ4n) is 2.56. The Bertz CT molecular complexity index is 1020. The maximum Gasteiger partial charge on any atom is 0.270 e. The van der Waals surface area contributed by atoms with Gasteiger partial charge in [0.1, 0.15) is 11.4 Å².